The molecule has 88 valence electrons. The molecule has 0 fully saturated rings. The van der Waals surface area contributed by atoms with Gasteiger partial charge in [-0.05, 0) is 40.1 Å². The second-order valence-electron chi connectivity index (χ2n) is 4.01. The van der Waals surface area contributed by atoms with E-state index in [1.54, 1.807) is 0 Å². The van der Waals surface area contributed by atoms with E-state index in [9.17, 15) is 4.79 Å². The molecule has 0 heterocycles. The molecule has 0 aliphatic carbocycles. The zero-order chi connectivity index (χ0) is 12.1. The van der Waals surface area contributed by atoms with E-state index in [-0.39, 0.29) is 12.0 Å². The van der Waals surface area contributed by atoms with Crippen molar-refractivity contribution in [1.82, 2.24) is 0 Å². The number of nitrogens with two attached hydrogens (primary N) is 1. The van der Waals surface area contributed by atoms with Crippen LogP contribution in [-0.4, -0.2) is 12.2 Å². The molecule has 1 aromatic carbocycles. The highest BCUT2D eigenvalue weighted by molar-refractivity contribution is 14.1. The van der Waals surface area contributed by atoms with E-state index < -0.39 is 6.09 Å². The van der Waals surface area contributed by atoms with Crippen LogP contribution in [0.3, 0.4) is 0 Å². The van der Waals surface area contributed by atoms with E-state index >= 15 is 0 Å². The summed E-state index contributed by atoms with van der Waals surface area (Å²) in [7, 11) is 0. The molecule has 1 amide bonds. The van der Waals surface area contributed by atoms with Gasteiger partial charge in [0.1, 0.15) is 6.10 Å². The lowest BCUT2D eigenvalue weighted by molar-refractivity contribution is 0.0787. The Hall–Kier alpha value is -0.780. The number of carbonyl (C=O) groups excluding carboxylic acids is 1. The highest BCUT2D eigenvalue weighted by Crippen LogP contribution is 2.18. The lowest BCUT2D eigenvalue weighted by Crippen LogP contribution is -2.29. The molecular weight excluding hydrogens is 317 g/mol. The first-order chi connectivity index (χ1) is 7.50. The summed E-state index contributed by atoms with van der Waals surface area (Å²) in [6, 6.07) is 8.06. The average molecular weight is 333 g/mol. The quantitative estimate of drug-likeness (QED) is 0.862. The fourth-order valence-corrected chi connectivity index (χ4v) is 2.05. The Morgan fingerprint density at radius 3 is 2.56 bits per heavy atom. The number of ether oxygens (including phenoxy) is 1. The molecule has 0 unspecified atom stereocenters. The maximum atomic E-state index is 10.8. The van der Waals surface area contributed by atoms with Crippen molar-refractivity contribution in [2.45, 2.75) is 26.4 Å². The minimum atomic E-state index is -0.704. The number of hydrogen-bond acceptors (Lipinski definition) is 2. The van der Waals surface area contributed by atoms with Gasteiger partial charge in [-0.1, -0.05) is 32.0 Å². The molecule has 0 bridgehead atoms. The monoisotopic (exact) mass is 333 g/mol. The maximum absolute atomic E-state index is 10.8. The van der Waals surface area contributed by atoms with Crippen LogP contribution in [0.1, 0.15) is 19.4 Å². The number of hydrogen-bond donors (Lipinski definition) is 1. The number of primary amides is 1. The van der Waals surface area contributed by atoms with Gasteiger partial charge in [-0.3, -0.25) is 0 Å². The second kappa shape index (κ2) is 6.08. The summed E-state index contributed by atoms with van der Waals surface area (Å²) in [6.45, 7) is 4.03. The van der Waals surface area contributed by atoms with Gasteiger partial charge in [0.05, 0.1) is 0 Å². The van der Waals surface area contributed by atoms with E-state index in [1.165, 1.54) is 9.13 Å². The Balaban J connectivity index is 2.76. The standard InChI is InChI=1S/C12H16INO2/c1-8(2)11(16-12(14)15)7-9-5-3-4-6-10(9)13/h3-6,8,11H,7H2,1-2H3,(H2,14,15)/t11-/m1/s1. The minimum Gasteiger partial charge on any atom is -0.446 e. The van der Waals surface area contributed by atoms with Crippen molar-refractivity contribution in [3.63, 3.8) is 0 Å². The normalized spacial score (nSPS) is 12.5. The lowest BCUT2D eigenvalue weighted by Gasteiger charge is -2.20. The van der Waals surface area contributed by atoms with Crippen molar-refractivity contribution in [2.75, 3.05) is 0 Å². The first-order valence-corrected chi connectivity index (χ1v) is 6.28. The smallest absolute Gasteiger partial charge is 0.404 e. The summed E-state index contributed by atoms with van der Waals surface area (Å²) in [5.74, 6) is 0.253. The summed E-state index contributed by atoms with van der Waals surface area (Å²) >= 11 is 2.28. The van der Waals surface area contributed by atoms with Crippen molar-refractivity contribution in [1.29, 1.82) is 0 Å². The van der Waals surface area contributed by atoms with Gasteiger partial charge in [-0.15, -0.1) is 0 Å². The number of rotatable bonds is 4. The van der Waals surface area contributed by atoms with Crippen LogP contribution in [0.25, 0.3) is 0 Å². The Bertz CT molecular complexity index is 366. The zero-order valence-electron chi connectivity index (χ0n) is 9.44. The third kappa shape index (κ3) is 4.00. The molecule has 0 saturated heterocycles. The summed E-state index contributed by atoms with van der Waals surface area (Å²) in [6.07, 6.45) is -0.155. The Morgan fingerprint density at radius 1 is 1.44 bits per heavy atom. The molecule has 16 heavy (non-hydrogen) atoms. The second-order valence-corrected chi connectivity index (χ2v) is 5.18. The van der Waals surface area contributed by atoms with Gasteiger partial charge in [0, 0.05) is 9.99 Å². The van der Waals surface area contributed by atoms with Crippen LogP contribution in [0.2, 0.25) is 0 Å². The molecule has 1 rings (SSSR count). The number of benzene rings is 1. The predicted molar refractivity (Wildman–Crippen MR) is 72.2 cm³/mol. The van der Waals surface area contributed by atoms with Crippen LogP contribution in [0, 0.1) is 9.49 Å². The topological polar surface area (TPSA) is 52.3 Å². The third-order valence-corrected chi connectivity index (χ3v) is 3.44. The summed E-state index contributed by atoms with van der Waals surface area (Å²) in [4.78, 5) is 10.8. The molecule has 1 aromatic rings. The van der Waals surface area contributed by atoms with Crippen molar-refractivity contribution in [3.05, 3.63) is 33.4 Å². The summed E-state index contributed by atoms with van der Waals surface area (Å²) < 4.78 is 6.29. The van der Waals surface area contributed by atoms with Gasteiger partial charge in [-0.2, -0.15) is 0 Å². The van der Waals surface area contributed by atoms with Gasteiger partial charge in [0.25, 0.3) is 0 Å². The highest BCUT2D eigenvalue weighted by Gasteiger charge is 2.18. The number of carbonyl (C=O) groups is 1. The molecule has 0 aromatic heterocycles. The molecule has 0 radical (unpaired) electrons. The molecule has 2 N–H and O–H groups in total. The van der Waals surface area contributed by atoms with E-state index in [4.69, 9.17) is 10.5 Å². The Labute approximate surface area is 109 Å². The molecule has 3 nitrogen and oxygen atoms in total. The van der Waals surface area contributed by atoms with Crippen LogP contribution >= 0.6 is 22.6 Å². The van der Waals surface area contributed by atoms with Crippen molar-refractivity contribution in [3.8, 4) is 0 Å². The highest BCUT2D eigenvalue weighted by atomic mass is 127. The van der Waals surface area contributed by atoms with Crippen LogP contribution in [0.15, 0.2) is 24.3 Å². The van der Waals surface area contributed by atoms with Crippen molar-refractivity contribution < 1.29 is 9.53 Å². The largest absolute Gasteiger partial charge is 0.446 e. The maximum Gasteiger partial charge on any atom is 0.404 e. The molecule has 0 spiro atoms. The Kier molecular flexibility index (Phi) is 5.05. The molecular formula is C12H16INO2. The van der Waals surface area contributed by atoms with Gasteiger partial charge in [-0.25, -0.2) is 4.79 Å². The predicted octanol–water partition coefficient (Wildman–Crippen LogP) is 2.95. The number of halogens is 1. The average Bonchev–Trinajstić information content (AvgIpc) is 2.19. The van der Waals surface area contributed by atoms with E-state index in [0.717, 1.165) is 0 Å². The Morgan fingerprint density at radius 2 is 2.06 bits per heavy atom. The fourth-order valence-electron chi connectivity index (χ4n) is 1.44. The zero-order valence-corrected chi connectivity index (χ0v) is 11.6. The van der Waals surface area contributed by atoms with E-state index in [0.29, 0.717) is 6.42 Å². The summed E-state index contributed by atoms with van der Waals surface area (Å²) in [5.41, 5.74) is 6.24. The molecule has 0 aliphatic heterocycles. The van der Waals surface area contributed by atoms with Gasteiger partial charge in [0.15, 0.2) is 0 Å². The summed E-state index contributed by atoms with van der Waals surface area (Å²) in [5, 5.41) is 0. The van der Waals surface area contributed by atoms with Crippen molar-refractivity contribution in [2.24, 2.45) is 11.7 Å². The van der Waals surface area contributed by atoms with Gasteiger partial charge in [0.2, 0.25) is 0 Å². The fraction of sp³-hybridized carbons (Fsp3) is 0.417. The first-order valence-electron chi connectivity index (χ1n) is 5.20. The third-order valence-electron chi connectivity index (χ3n) is 2.39. The first kappa shape index (κ1) is 13.3. The van der Waals surface area contributed by atoms with Crippen molar-refractivity contribution >= 4 is 28.7 Å². The van der Waals surface area contributed by atoms with Crippen LogP contribution < -0.4 is 5.73 Å². The number of amides is 1. The van der Waals surface area contributed by atoms with E-state index in [1.807, 2.05) is 38.1 Å². The van der Waals surface area contributed by atoms with Crippen LogP contribution in [0.4, 0.5) is 4.79 Å². The van der Waals surface area contributed by atoms with Crippen LogP contribution in [0.5, 0.6) is 0 Å². The minimum absolute atomic E-state index is 0.159. The molecule has 0 aliphatic rings. The van der Waals surface area contributed by atoms with Gasteiger partial charge >= 0.3 is 6.09 Å². The SMILES string of the molecule is CC(C)[C@@H](Cc1ccccc1I)OC(N)=O. The molecule has 1 atom stereocenters. The van der Waals surface area contributed by atoms with Gasteiger partial charge < -0.3 is 10.5 Å². The van der Waals surface area contributed by atoms with E-state index in [2.05, 4.69) is 22.6 Å². The molecule has 4 heteroatoms. The van der Waals surface area contributed by atoms with Crippen LogP contribution in [-0.2, 0) is 11.2 Å². The molecule has 0 saturated carbocycles. The lowest BCUT2D eigenvalue weighted by atomic mass is 9.99.